The summed E-state index contributed by atoms with van der Waals surface area (Å²) in [6, 6.07) is 20.9. The van der Waals surface area contributed by atoms with Gasteiger partial charge in [-0.1, -0.05) is 60.7 Å². The Morgan fingerprint density at radius 2 is 1.67 bits per heavy atom. The lowest BCUT2D eigenvalue weighted by Gasteiger charge is -2.20. The van der Waals surface area contributed by atoms with Crippen molar-refractivity contribution >= 4 is 20.8 Å². The van der Waals surface area contributed by atoms with Crippen molar-refractivity contribution in [2.75, 3.05) is 19.8 Å². The van der Waals surface area contributed by atoms with Gasteiger partial charge in [0.15, 0.2) is 0 Å². The Kier molecular flexibility index (Phi) is 7.99. The Morgan fingerprint density at radius 3 is 2.40 bits per heavy atom. The maximum absolute atomic E-state index is 13.2. The minimum absolute atomic E-state index is 0.297. The third-order valence-corrected chi connectivity index (χ3v) is 6.75. The summed E-state index contributed by atoms with van der Waals surface area (Å²) in [5.41, 5.74) is 7.90. The van der Waals surface area contributed by atoms with Crippen LogP contribution < -0.4 is 10.5 Å². The highest BCUT2D eigenvalue weighted by Gasteiger charge is 2.22. The van der Waals surface area contributed by atoms with Gasteiger partial charge in [-0.3, -0.25) is 0 Å². The molecule has 0 amide bonds. The first-order chi connectivity index (χ1) is 14.5. The van der Waals surface area contributed by atoms with Crippen LogP contribution >= 0.6 is 0 Å². The molecular formula is C24H30N2O3S. The summed E-state index contributed by atoms with van der Waals surface area (Å²) in [6.07, 6.45) is 2.15. The smallest absolute Gasteiger partial charge is 0.241 e. The quantitative estimate of drug-likeness (QED) is 0.457. The van der Waals surface area contributed by atoms with Crippen LogP contribution in [0, 0.1) is 6.92 Å². The molecule has 3 aromatic carbocycles. The fourth-order valence-electron chi connectivity index (χ4n) is 3.54. The molecule has 0 aliphatic carbocycles. The monoisotopic (exact) mass is 426 g/mol. The SMILES string of the molecule is Cc1ccc(S(=O)(=O)N[C@@H](CCCN)COCCc2ccccc2)c2ccccc12. The van der Waals surface area contributed by atoms with Gasteiger partial charge in [-0.15, -0.1) is 0 Å². The summed E-state index contributed by atoms with van der Waals surface area (Å²) >= 11 is 0. The molecule has 3 aromatic rings. The van der Waals surface area contributed by atoms with Gasteiger partial charge in [-0.05, 0) is 55.3 Å². The molecule has 0 aromatic heterocycles. The summed E-state index contributed by atoms with van der Waals surface area (Å²) in [5.74, 6) is 0. The second-order valence-electron chi connectivity index (χ2n) is 7.49. The molecule has 0 spiro atoms. The number of fused-ring (bicyclic) bond motifs is 1. The van der Waals surface area contributed by atoms with Crippen molar-refractivity contribution in [3.05, 3.63) is 77.9 Å². The molecule has 0 unspecified atom stereocenters. The molecule has 0 aliphatic rings. The minimum atomic E-state index is -3.69. The predicted octanol–water partition coefficient (Wildman–Crippen LogP) is 3.79. The van der Waals surface area contributed by atoms with Gasteiger partial charge in [0.2, 0.25) is 10.0 Å². The summed E-state index contributed by atoms with van der Waals surface area (Å²) in [7, 11) is -3.69. The van der Waals surface area contributed by atoms with Gasteiger partial charge >= 0.3 is 0 Å². The lowest BCUT2D eigenvalue weighted by molar-refractivity contribution is 0.117. The van der Waals surface area contributed by atoms with Crippen molar-refractivity contribution in [3.8, 4) is 0 Å². The zero-order valence-corrected chi connectivity index (χ0v) is 18.2. The number of hydrogen-bond acceptors (Lipinski definition) is 4. The van der Waals surface area contributed by atoms with Crippen LogP contribution in [-0.2, 0) is 21.2 Å². The van der Waals surface area contributed by atoms with E-state index in [1.165, 1.54) is 5.56 Å². The van der Waals surface area contributed by atoms with Crippen LogP contribution in [0.3, 0.4) is 0 Å². The van der Waals surface area contributed by atoms with Crippen LogP contribution in [0.2, 0.25) is 0 Å². The number of rotatable bonds is 11. The number of nitrogens with one attached hydrogen (secondary N) is 1. The van der Waals surface area contributed by atoms with E-state index in [1.807, 2.05) is 55.5 Å². The van der Waals surface area contributed by atoms with Gasteiger partial charge in [-0.2, -0.15) is 0 Å². The Balaban J connectivity index is 1.69. The second-order valence-corrected chi connectivity index (χ2v) is 9.17. The molecule has 0 heterocycles. The number of benzene rings is 3. The van der Waals surface area contributed by atoms with Crippen molar-refractivity contribution in [2.24, 2.45) is 5.73 Å². The molecule has 6 heteroatoms. The molecule has 0 saturated carbocycles. The molecule has 0 bridgehead atoms. The van der Waals surface area contributed by atoms with Crippen molar-refractivity contribution in [1.82, 2.24) is 4.72 Å². The highest BCUT2D eigenvalue weighted by Crippen LogP contribution is 2.26. The standard InChI is InChI=1S/C24H30N2O3S/c1-19-13-14-24(23-12-6-5-11-22(19)23)30(27,28)26-21(10-7-16-25)18-29-17-15-20-8-3-2-4-9-20/h2-6,8-9,11-14,21,26H,7,10,15-18,25H2,1H3/t21-/m0/s1. The predicted molar refractivity (Wildman–Crippen MR) is 122 cm³/mol. The second kappa shape index (κ2) is 10.7. The van der Waals surface area contributed by atoms with Gasteiger partial charge in [-0.25, -0.2) is 13.1 Å². The Morgan fingerprint density at radius 1 is 0.967 bits per heavy atom. The fraction of sp³-hybridized carbons (Fsp3) is 0.333. The molecular weight excluding hydrogens is 396 g/mol. The zero-order valence-electron chi connectivity index (χ0n) is 17.4. The first-order valence-corrected chi connectivity index (χ1v) is 11.8. The van der Waals surface area contributed by atoms with Crippen molar-refractivity contribution < 1.29 is 13.2 Å². The van der Waals surface area contributed by atoms with E-state index in [1.54, 1.807) is 6.07 Å². The van der Waals surface area contributed by atoms with Gasteiger partial charge in [0.25, 0.3) is 0 Å². The normalized spacial score (nSPS) is 12.9. The van der Waals surface area contributed by atoms with E-state index in [4.69, 9.17) is 10.5 Å². The zero-order chi connectivity index (χ0) is 21.4. The Bertz CT molecular complexity index is 1050. The first kappa shape index (κ1) is 22.4. The van der Waals surface area contributed by atoms with Crippen LogP contribution in [0.15, 0.2) is 71.6 Å². The molecule has 0 aliphatic heterocycles. The van der Waals surface area contributed by atoms with Crippen LogP contribution in [-0.4, -0.2) is 34.2 Å². The lowest BCUT2D eigenvalue weighted by Crippen LogP contribution is -2.38. The molecule has 1 atom stereocenters. The molecule has 3 rings (SSSR count). The van der Waals surface area contributed by atoms with Gasteiger partial charge in [0, 0.05) is 11.4 Å². The highest BCUT2D eigenvalue weighted by atomic mass is 32.2. The first-order valence-electron chi connectivity index (χ1n) is 10.3. The maximum Gasteiger partial charge on any atom is 0.241 e. The maximum atomic E-state index is 13.2. The van der Waals surface area contributed by atoms with E-state index in [9.17, 15) is 8.42 Å². The topological polar surface area (TPSA) is 81.4 Å². The van der Waals surface area contributed by atoms with Gasteiger partial charge in [0.1, 0.15) is 0 Å². The molecule has 160 valence electrons. The average Bonchev–Trinajstić information content (AvgIpc) is 2.75. The summed E-state index contributed by atoms with van der Waals surface area (Å²) in [4.78, 5) is 0.297. The molecule has 0 saturated heterocycles. The van der Waals surface area contributed by atoms with E-state index >= 15 is 0 Å². The van der Waals surface area contributed by atoms with Crippen molar-refractivity contribution in [2.45, 2.75) is 37.1 Å². The van der Waals surface area contributed by atoms with Crippen LogP contribution in [0.1, 0.15) is 24.0 Å². The fourth-order valence-corrected chi connectivity index (χ4v) is 5.01. The summed E-state index contributed by atoms with van der Waals surface area (Å²) in [5, 5.41) is 1.67. The molecule has 0 fully saturated rings. The summed E-state index contributed by atoms with van der Waals surface area (Å²) < 4.78 is 35.0. The van der Waals surface area contributed by atoms with E-state index in [0.29, 0.717) is 31.1 Å². The lowest BCUT2D eigenvalue weighted by atomic mass is 10.1. The van der Waals surface area contributed by atoms with Crippen LogP contribution in [0.25, 0.3) is 10.8 Å². The number of hydrogen-bond donors (Lipinski definition) is 2. The largest absolute Gasteiger partial charge is 0.379 e. The van der Waals surface area contributed by atoms with E-state index < -0.39 is 10.0 Å². The third kappa shape index (κ3) is 5.89. The molecule has 30 heavy (non-hydrogen) atoms. The Labute approximate surface area is 179 Å². The third-order valence-electron chi connectivity index (χ3n) is 5.17. The van der Waals surface area contributed by atoms with Crippen LogP contribution in [0.5, 0.6) is 0 Å². The van der Waals surface area contributed by atoms with Crippen molar-refractivity contribution in [3.63, 3.8) is 0 Å². The molecule has 0 radical (unpaired) electrons. The van der Waals surface area contributed by atoms with Crippen LogP contribution in [0.4, 0.5) is 0 Å². The van der Waals surface area contributed by atoms with Gasteiger partial charge in [0.05, 0.1) is 18.1 Å². The van der Waals surface area contributed by atoms with Gasteiger partial charge < -0.3 is 10.5 Å². The van der Waals surface area contributed by atoms with Crippen molar-refractivity contribution in [1.29, 1.82) is 0 Å². The highest BCUT2D eigenvalue weighted by molar-refractivity contribution is 7.89. The number of aryl methyl sites for hydroxylation is 1. The van der Waals surface area contributed by atoms with E-state index in [-0.39, 0.29) is 6.04 Å². The number of sulfonamides is 1. The van der Waals surface area contributed by atoms with E-state index in [2.05, 4.69) is 16.9 Å². The number of nitrogens with two attached hydrogens (primary N) is 1. The summed E-state index contributed by atoms with van der Waals surface area (Å²) in [6.45, 7) is 3.35. The average molecular weight is 427 g/mol. The van der Waals surface area contributed by atoms with E-state index in [0.717, 1.165) is 29.2 Å². The molecule has 5 nitrogen and oxygen atoms in total. The molecule has 3 N–H and O–H groups in total. The Hall–Kier alpha value is -2.25. The minimum Gasteiger partial charge on any atom is -0.379 e. The number of ether oxygens (including phenoxy) is 1.